The van der Waals surface area contributed by atoms with Crippen molar-refractivity contribution in [1.29, 1.82) is 0 Å². The summed E-state index contributed by atoms with van der Waals surface area (Å²) in [6, 6.07) is 0.848. The van der Waals surface area contributed by atoms with Gasteiger partial charge in [-0.25, -0.2) is 13.2 Å². The number of amides is 2. The number of benzene rings is 1. The van der Waals surface area contributed by atoms with Gasteiger partial charge in [0.05, 0.1) is 10.6 Å². The fraction of sp³-hybridized carbons (Fsp3) is 0.692. The van der Waals surface area contributed by atoms with Gasteiger partial charge in [0.25, 0.3) is 0 Å². The predicted octanol–water partition coefficient (Wildman–Crippen LogP) is 5.46. The highest BCUT2D eigenvalue weighted by Crippen LogP contribution is 2.42. The molecule has 1 heterocycles. The largest absolute Gasteiger partial charge is 0.465 e. The normalized spacial score (nSPS) is 23.4. The molecule has 0 bridgehead atoms. The number of nitrogens with zero attached hydrogens (tertiary/aromatic N) is 2. The van der Waals surface area contributed by atoms with Gasteiger partial charge in [-0.15, -0.1) is 0 Å². The van der Waals surface area contributed by atoms with E-state index >= 15 is 0 Å². The molecule has 2 amide bonds. The Balaban J connectivity index is 1.80. The Hall–Kier alpha value is -2.05. The second-order valence-electron chi connectivity index (χ2n) is 12.7. The molecule has 220 valence electrons. The standard InChI is InChI=1S/C26H37ClF3N3O5S/c1-24(2,3)12-20(33(23(35)36)25(4,5)6)22(34)31-19-9-7-15-13-32(14-17(15)19)39(37,38)21-10-8-16(11-18(21)27)26(28,29)30/h8,10-11,15,17,19-20H,7,9,12-14H2,1-6H3,(H,31,34)(H,35,36)/t15-,17+,19+,20+/m1/s1. The van der Waals surface area contributed by atoms with Gasteiger partial charge >= 0.3 is 12.3 Å². The first kappa shape index (κ1) is 31.5. The third-order valence-electron chi connectivity index (χ3n) is 7.38. The number of fused-ring (bicyclic) bond motifs is 1. The molecule has 1 saturated heterocycles. The maximum Gasteiger partial charge on any atom is 0.416 e. The van der Waals surface area contributed by atoms with Crippen LogP contribution in [0.25, 0.3) is 0 Å². The molecule has 2 aliphatic rings. The molecule has 1 aliphatic carbocycles. The van der Waals surface area contributed by atoms with E-state index in [4.69, 9.17) is 11.6 Å². The topological polar surface area (TPSA) is 107 Å². The van der Waals surface area contributed by atoms with Gasteiger partial charge in [-0.3, -0.25) is 9.69 Å². The average Bonchev–Trinajstić information content (AvgIpc) is 3.32. The van der Waals surface area contributed by atoms with E-state index in [1.807, 2.05) is 20.8 Å². The van der Waals surface area contributed by atoms with Gasteiger partial charge in [0.2, 0.25) is 15.9 Å². The van der Waals surface area contributed by atoms with Crippen molar-refractivity contribution in [3.05, 3.63) is 28.8 Å². The molecule has 0 spiro atoms. The number of carbonyl (C=O) groups is 2. The third kappa shape index (κ3) is 7.00. The lowest BCUT2D eigenvalue weighted by atomic mass is 9.85. The van der Waals surface area contributed by atoms with Gasteiger partial charge in [0.1, 0.15) is 10.9 Å². The van der Waals surface area contributed by atoms with Crippen LogP contribution in [0.2, 0.25) is 5.02 Å². The first-order valence-electron chi connectivity index (χ1n) is 12.8. The van der Waals surface area contributed by atoms with E-state index < -0.39 is 55.3 Å². The zero-order valence-electron chi connectivity index (χ0n) is 23.0. The fourth-order valence-corrected chi connectivity index (χ4v) is 7.73. The number of hydrogen-bond donors (Lipinski definition) is 2. The van der Waals surface area contributed by atoms with Crippen LogP contribution in [0.1, 0.15) is 66.4 Å². The van der Waals surface area contributed by atoms with Crippen LogP contribution in [0.3, 0.4) is 0 Å². The van der Waals surface area contributed by atoms with Crippen LogP contribution in [-0.4, -0.2) is 65.4 Å². The number of halogens is 4. The number of carboxylic acid groups (broad SMARTS) is 1. The molecule has 0 aromatic heterocycles. The predicted molar refractivity (Wildman–Crippen MR) is 141 cm³/mol. The highest BCUT2D eigenvalue weighted by molar-refractivity contribution is 7.89. The lowest BCUT2D eigenvalue weighted by Gasteiger charge is -2.41. The second kappa shape index (κ2) is 10.7. The van der Waals surface area contributed by atoms with E-state index in [9.17, 15) is 36.3 Å². The van der Waals surface area contributed by atoms with Crippen molar-refractivity contribution in [1.82, 2.24) is 14.5 Å². The minimum absolute atomic E-state index is 0.0578. The first-order chi connectivity index (χ1) is 17.6. The molecular weight excluding hydrogens is 559 g/mol. The molecular formula is C26H37ClF3N3O5S. The summed E-state index contributed by atoms with van der Waals surface area (Å²) in [7, 11) is -4.17. The van der Waals surface area contributed by atoms with Gasteiger partial charge in [-0.05, 0) is 75.5 Å². The number of rotatable bonds is 6. The van der Waals surface area contributed by atoms with E-state index in [0.29, 0.717) is 25.0 Å². The van der Waals surface area contributed by atoms with Gasteiger partial charge in [-0.1, -0.05) is 32.4 Å². The van der Waals surface area contributed by atoms with Crippen molar-refractivity contribution in [2.45, 2.75) is 89.5 Å². The second-order valence-corrected chi connectivity index (χ2v) is 15.0. The zero-order valence-corrected chi connectivity index (χ0v) is 24.5. The molecule has 8 nitrogen and oxygen atoms in total. The van der Waals surface area contributed by atoms with E-state index in [1.165, 1.54) is 4.31 Å². The van der Waals surface area contributed by atoms with Crippen LogP contribution >= 0.6 is 11.6 Å². The Kier molecular flexibility index (Phi) is 8.67. The number of nitrogens with one attached hydrogen (secondary N) is 1. The van der Waals surface area contributed by atoms with Gasteiger partial charge < -0.3 is 10.4 Å². The molecule has 1 saturated carbocycles. The fourth-order valence-electron chi connectivity index (χ4n) is 5.67. The highest BCUT2D eigenvalue weighted by Gasteiger charge is 2.48. The Morgan fingerprint density at radius 1 is 1.13 bits per heavy atom. The molecule has 2 fully saturated rings. The van der Waals surface area contributed by atoms with E-state index in [2.05, 4.69) is 5.32 Å². The summed E-state index contributed by atoms with van der Waals surface area (Å²) in [6.07, 6.45) is -4.32. The molecule has 1 aliphatic heterocycles. The molecule has 1 aromatic carbocycles. The summed E-state index contributed by atoms with van der Waals surface area (Å²) in [5.74, 6) is -0.710. The smallest absolute Gasteiger partial charge is 0.416 e. The summed E-state index contributed by atoms with van der Waals surface area (Å²) < 4.78 is 66.9. The maximum atomic E-state index is 13.6. The SMILES string of the molecule is CC(C)(C)C[C@@H](C(=O)N[C@H]1CC[C@@H]2CN(S(=O)(=O)c3ccc(C(F)(F)F)cc3Cl)C[C@@H]21)N(C(=O)O)C(C)(C)C. The molecule has 4 atom stereocenters. The quantitative estimate of drug-likeness (QED) is 0.454. The minimum atomic E-state index is -4.66. The average molecular weight is 596 g/mol. The van der Waals surface area contributed by atoms with Crippen molar-refractivity contribution in [3.63, 3.8) is 0 Å². The third-order valence-corrected chi connectivity index (χ3v) is 9.69. The molecule has 1 aromatic rings. The van der Waals surface area contributed by atoms with Crippen LogP contribution < -0.4 is 5.32 Å². The number of alkyl halides is 3. The van der Waals surface area contributed by atoms with Crippen molar-refractivity contribution in [2.75, 3.05) is 13.1 Å². The van der Waals surface area contributed by atoms with Crippen LogP contribution in [-0.2, 0) is 21.0 Å². The summed E-state index contributed by atoms with van der Waals surface area (Å²) >= 11 is 5.98. The van der Waals surface area contributed by atoms with Gasteiger partial charge in [-0.2, -0.15) is 17.5 Å². The zero-order chi connectivity index (χ0) is 29.7. The Bertz CT molecular complexity index is 1210. The van der Waals surface area contributed by atoms with Gasteiger partial charge in [0, 0.05) is 24.7 Å². The summed E-state index contributed by atoms with van der Waals surface area (Å²) in [6.45, 7) is 11.2. The highest BCUT2D eigenvalue weighted by atomic mass is 35.5. The summed E-state index contributed by atoms with van der Waals surface area (Å²) in [4.78, 5) is 26.5. The monoisotopic (exact) mass is 595 g/mol. The molecule has 0 unspecified atom stereocenters. The number of hydrogen-bond acceptors (Lipinski definition) is 4. The van der Waals surface area contributed by atoms with E-state index in [1.54, 1.807) is 20.8 Å². The van der Waals surface area contributed by atoms with Crippen molar-refractivity contribution < 1.29 is 36.3 Å². The lowest BCUT2D eigenvalue weighted by molar-refractivity contribution is -0.137. The molecule has 3 rings (SSSR count). The van der Waals surface area contributed by atoms with Crippen LogP contribution in [0.15, 0.2) is 23.1 Å². The number of sulfonamides is 1. The first-order valence-corrected chi connectivity index (χ1v) is 14.6. The summed E-state index contributed by atoms with van der Waals surface area (Å²) in [5, 5.41) is 12.5. The van der Waals surface area contributed by atoms with E-state index in [-0.39, 0.29) is 42.8 Å². The Morgan fingerprint density at radius 3 is 2.23 bits per heavy atom. The van der Waals surface area contributed by atoms with Gasteiger partial charge in [0.15, 0.2) is 0 Å². The minimum Gasteiger partial charge on any atom is -0.465 e. The van der Waals surface area contributed by atoms with Crippen molar-refractivity contribution in [2.24, 2.45) is 17.3 Å². The molecule has 0 radical (unpaired) electrons. The molecule has 39 heavy (non-hydrogen) atoms. The lowest BCUT2D eigenvalue weighted by Crippen LogP contribution is -2.59. The Labute approximate surface area is 232 Å². The molecule has 13 heteroatoms. The summed E-state index contributed by atoms with van der Waals surface area (Å²) in [5.41, 5.74) is -2.22. The van der Waals surface area contributed by atoms with E-state index in [0.717, 1.165) is 11.0 Å². The van der Waals surface area contributed by atoms with Crippen LogP contribution in [0.5, 0.6) is 0 Å². The maximum absolute atomic E-state index is 13.6. The number of carbonyl (C=O) groups excluding carboxylic acids is 1. The van der Waals surface area contributed by atoms with Crippen molar-refractivity contribution in [3.8, 4) is 0 Å². The van der Waals surface area contributed by atoms with Crippen molar-refractivity contribution >= 4 is 33.6 Å². The van der Waals surface area contributed by atoms with Crippen LogP contribution in [0.4, 0.5) is 18.0 Å². The van der Waals surface area contributed by atoms with Crippen LogP contribution in [0, 0.1) is 17.3 Å². The molecule has 2 N–H and O–H groups in total. The Morgan fingerprint density at radius 2 is 1.74 bits per heavy atom.